The van der Waals surface area contributed by atoms with E-state index in [9.17, 15) is 4.79 Å². The first-order valence-corrected chi connectivity index (χ1v) is 8.00. The van der Waals surface area contributed by atoms with Crippen LogP contribution in [0.5, 0.6) is 0 Å². The van der Waals surface area contributed by atoms with Crippen molar-refractivity contribution in [2.24, 2.45) is 7.05 Å². The number of urea groups is 1. The average molecular weight is 322 g/mol. The lowest BCUT2D eigenvalue weighted by Gasteiger charge is -2.26. The third-order valence-electron chi connectivity index (χ3n) is 4.30. The highest BCUT2D eigenvalue weighted by molar-refractivity contribution is 5.99. The van der Waals surface area contributed by atoms with Gasteiger partial charge < -0.3 is 10.6 Å². The zero-order chi connectivity index (χ0) is 16.5. The van der Waals surface area contributed by atoms with Crippen molar-refractivity contribution in [3.63, 3.8) is 0 Å². The molecule has 3 heterocycles. The first kappa shape index (κ1) is 14.6. The number of hydrogen-bond donors (Lipinski definition) is 2. The van der Waals surface area contributed by atoms with Crippen LogP contribution in [0, 0.1) is 0 Å². The molecular weight excluding hydrogens is 304 g/mol. The lowest BCUT2D eigenvalue weighted by Crippen LogP contribution is -2.41. The molecule has 0 saturated heterocycles. The van der Waals surface area contributed by atoms with Crippen LogP contribution < -0.4 is 10.6 Å². The van der Waals surface area contributed by atoms with Gasteiger partial charge in [-0.3, -0.25) is 14.6 Å². The van der Waals surface area contributed by atoms with Gasteiger partial charge in [0, 0.05) is 42.8 Å². The van der Waals surface area contributed by atoms with Crippen molar-refractivity contribution in [3.8, 4) is 11.1 Å². The van der Waals surface area contributed by atoms with Crippen molar-refractivity contribution in [3.05, 3.63) is 36.9 Å². The molecule has 24 heavy (non-hydrogen) atoms. The van der Waals surface area contributed by atoms with Crippen molar-refractivity contribution < 1.29 is 4.79 Å². The smallest absolute Gasteiger partial charge is 0.319 e. The summed E-state index contributed by atoms with van der Waals surface area (Å²) in [5, 5.41) is 10.0. The number of aryl methyl sites for hydroxylation is 1. The number of rotatable bonds is 3. The Bertz CT molecular complexity index is 899. The summed E-state index contributed by atoms with van der Waals surface area (Å²) in [5.41, 5.74) is 4.00. The fourth-order valence-electron chi connectivity index (χ4n) is 2.76. The van der Waals surface area contributed by atoms with E-state index < -0.39 is 0 Å². The Labute approximate surface area is 139 Å². The fourth-order valence-corrected chi connectivity index (χ4v) is 2.76. The lowest BCUT2D eigenvalue weighted by molar-refractivity contribution is 0.240. The lowest BCUT2D eigenvalue weighted by atomic mass is 9.93. The van der Waals surface area contributed by atoms with Crippen LogP contribution in [-0.2, 0) is 7.05 Å². The summed E-state index contributed by atoms with van der Waals surface area (Å²) in [5.74, 6) is 0. The molecule has 0 aromatic carbocycles. The van der Waals surface area contributed by atoms with E-state index in [0.29, 0.717) is 17.2 Å². The van der Waals surface area contributed by atoms with E-state index >= 15 is 0 Å². The highest BCUT2D eigenvalue weighted by Gasteiger charge is 2.19. The predicted molar refractivity (Wildman–Crippen MR) is 91.5 cm³/mol. The second kappa shape index (κ2) is 5.92. The highest BCUT2D eigenvalue weighted by Crippen LogP contribution is 2.25. The summed E-state index contributed by atoms with van der Waals surface area (Å²) < 4.78 is 1.75. The van der Waals surface area contributed by atoms with Crippen LogP contribution in [0.15, 0.2) is 36.9 Å². The summed E-state index contributed by atoms with van der Waals surface area (Å²) >= 11 is 0. The molecule has 7 heteroatoms. The molecule has 1 saturated carbocycles. The van der Waals surface area contributed by atoms with E-state index in [1.54, 1.807) is 29.3 Å². The van der Waals surface area contributed by atoms with Gasteiger partial charge in [0.05, 0.1) is 17.4 Å². The molecule has 1 fully saturated rings. The molecule has 122 valence electrons. The zero-order valence-corrected chi connectivity index (χ0v) is 13.4. The van der Waals surface area contributed by atoms with Gasteiger partial charge in [-0.25, -0.2) is 4.79 Å². The number of amides is 2. The second-order valence-corrected chi connectivity index (χ2v) is 6.08. The first-order valence-electron chi connectivity index (χ1n) is 8.00. The van der Waals surface area contributed by atoms with E-state index in [1.165, 1.54) is 6.42 Å². The zero-order valence-electron chi connectivity index (χ0n) is 13.4. The maximum atomic E-state index is 12.1. The van der Waals surface area contributed by atoms with E-state index in [-0.39, 0.29) is 6.03 Å². The fraction of sp³-hybridized carbons (Fsp3) is 0.294. The van der Waals surface area contributed by atoms with Crippen LogP contribution in [0.2, 0.25) is 0 Å². The van der Waals surface area contributed by atoms with Gasteiger partial charge in [0.25, 0.3) is 0 Å². The van der Waals surface area contributed by atoms with E-state index in [0.717, 1.165) is 29.5 Å². The molecule has 3 aromatic heterocycles. The Balaban J connectivity index is 1.61. The SMILES string of the molecule is Cn1cc(-c2cnc3c(NC(=O)NC4CCC4)ccnc3c2)cn1. The van der Waals surface area contributed by atoms with Crippen LogP contribution in [0.4, 0.5) is 10.5 Å². The summed E-state index contributed by atoms with van der Waals surface area (Å²) in [4.78, 5) is 20.9. The molecule has 2 N–H and O–H groups in total. The van der Waals surface area contributed by atoms with Crippen molar-refractivity contribution in [1.82, 2.24) is 25.1 Å². The number of carbonyl (C=O) groups excluding carboxylic acids is 1. The van der Waals surface area contributed by atoms with Gasteiger partial charge in [0.15, 0.2) is 0 Å². The number of fused-ring (bicyclic) bond motifs is 1. The number of anilines is 1. The topological polar surface area (TPSA) is 84.7 Å². The number of hydrogen-bond acceptors (Lipinski definition) is 4. The van der Waals surface area contributed by atoms with E-state index in [1.807, 2.05) is 19.3 Å². The van der Waals surface area contributed by atoms with Crippen molar-refractivity contribution in [2.45, 2.75) is 25.3 Å². The number of carbonyl (C=O) groups is 1. The summed E-state index contributed by atoms with van der Waals surface area (Å²) in [6.45, 7) is 0. The third-order valence-corrected chi connectivity index (χ3v) is 4.30. The first-order chi connectivity index (χ1) is 11.7. The van der Waals surface area contributed by atoms with Crippen molar-refractivity contribution in [1.29, 1.82) is 0 Å². The molecule has 3 aromatic rings. The Morgan fingerprint density at radius 2 is 2.12 bits per heavy atom. The number of nitrogens with one attached hydrogen (secondary N) is 2. The molecule has 2 amide bonds. The van der Waals surface area contributed by atoms with Gasteiger partial charge in [-0.1, -0.05) is 0 Å². The van der Waals surface area contributed by atoms with Gasteiger partial charge in [-0.05, 0) is 31.4 Å². The molecule has 0 unspecified atom stereocenters. The number of nitrogens with zero attached hydrogens (tertiary/aromatic N) is 4. The molecule has 1 aliphatic rings. The van der Waals surface area contributed by atoms with Gasteiger partial charge in [-0.2, -0.15) is 5.10 Å². The maximum absolute atomic E-state index is 12.1. The maximum Gasteiger partial charge on any atom is 0.319 e. The largest absolute Gasteiger partial charge is 0.335 e. The van der Waals surface area contributed by atoms with Gasteiger partial charge in [0.2, 0.25) is 0 Å². The Morgan fingerprint density at radius 1 is 1.25 bits per heavy atom. The van der Waals surface area contributed by atoms with Gasteiger partial charge >= 0.3 is 6.03 Å². The summed E-state index contributed by atoms with van der Waals surface area (Å²) in [6, 6.07) is 3.82. The highest BCUT2D eigenvalue weighted by atomic mass is 16.2. The Morgan fingerprint density at radius 3 is 2.83 bits per heavy atom. The molecule has 0 atom stereocenters. The Kier molecular flexibility index (Phi) is 3.60. The van der Waals surface area contributed by atoms with Gasteiger partial charge in [-0.15, -0.1) is 0 Å². The minimum absolute atomic E-state index is 0.190. The normalized spacial score (nSPS) is 14.4. The van der Waals surface area contributed by atoms with Crippen LogP contribution in [-0.4, -0.2) is 31.8 Å². The second-order valence-electron chi connectivity index (χ2n) is 6.08. The summed E-state index contributed by atoms with van der Waals surface area (Å²) in [7, 11) is 1.87. The Hall–Kier alpha value is -2.96. The van der Waals surface area contributed by atoms with Gasteiger partial charge in [0.1, 0.15) is 5.52 Å². The van der Waals surface area contributed by atoms with Crippen molar-refractivity contribution in [2.75, 3.05) is 5.32 Å². The molecule has 0 bridgehead atoms. The molecule has 0 radical (unpaired) electrons. The van der Waals surface area contributed by atoms with Crippen LogP contribution in [0.1, 0.15) is 19.3 Å². The standard InChI is InChI=1S/C17H18N6O/c1-23-10-12(9-20-23)11-7-15-16(19-8-11)14(5-6-18-15)22-17(24)21-13-3-2-4-13/h5-10,13H,2-4H2,1H3,(H2,18,21,22,24). The average Bonchev–Trinajstić information content (AvgIpc) is 2.97. The van der Waals surface area contributed by atoms with Crippen LogP contribution in [0.3, 0.4) is 0 Å². The predicted octanol–water partition coefficient (Wildman–Crippen LogP) is 2.70. The monoisotopic (exact) mass is 322 g/mol. The molecular formula is C17H18N6O. The molecule has 7 nitrogen and oxygen atoms in total. The van der Waals surface area contributed by atoms with E-state index in [4.69, 9.17) is 0 Å². The summed E-state index contributed by atoms with van der Waals surface area (Å²) in [6.07, 6.45) is 10.5. The molecule has 0 aliphatic heterocycles. The van der Waals surface area contributed by atoms with Crippen molar-refractivity contribution >= 4 is 22.8 Å². The quantitative estimate of drug-likeness (QED) is 0.776. The van der Waals surface area contributed by atoms with Crippen LogP contribution >= 0.6 is 0 Å². The number of aromatic nitrogens is 4. The number of pyridine rings is 2. The van der Waals surface area contributed by atoms with Crippen LogP contribution in [0.25, 0.3) is 22.2 Å². The minimum Gasteiger partial charge on any atom is -0.335 e. The molecule has 0 spiro atoms. The van der Waals surface area contributed by atoms with E-state index in [2.05, 4.69) is 25.7 Å². The minimum atomic E-state index is -0.190. The third kappa shape index (κ3) is 2.80. The molecule has 4 rings (SSSR count). The molecule has 1 aliphatic carbocycles.